The topological polar surface area (TPSA) is 38.3 Å². The molecule has 0 saturated carbocycles. The first-order valence-corrected chi connectivity index (χ1v) is 17.1. The van der Waals surface area contributed by atoms with E-state index >= 15 is 0 Å². The van der Waals surface area contributed by atoms with Crippen molar-refractivity contribution in [3.63, 3.8) is 0 Å². The highest BCUT2D eigenvalue weighted by Gasteiger charge is 1.96. The molecule has 0 bridgehead atoms. The van der Waals surface area contributed by atoms with Crippen LogP contribution < -0.4 is 5.32 Å². The molecule has 3 nitrogen and oxygen atoms in total. The molecule has 0 aromatic rings. The van der Waals surface area contributed by atoms with E-state index in [-0.39, 0.29) is 5.91 Å². The van der Waals surface area contributed by atoms with E-state index in [4.69, 9.17) is 4.74 Å². The Morgan fingerprint density at radius 2 is 0.811 bits per heavy atom. The van der Waals surface area contributed by atoms with E-state index in [0.29, 0.717) is 6.42 Å². The van der Waals surface area contributed by atoms with Crippen LogP contribution in [0.25, 0.3) is 0 Å². The molecule has 0 aromatic heterocycles. The first-order chi connectivity index (χ1) is 18.2. The molecule has 0 radical (unpaired) electrons. The molecule has 0 fully saturated rings. The summed E-state index contributed by atoms with van der Waals surface area (Å²) in [7, 11) is 0. The average molecular weight is 530 g/mol. The average Bonchev–Trinajstić information content (AvgIpc) is 2.94. The van der Waals surface area contributed by atoms with E-state index in [1.807, 2.05) is 34.6 Å². The lowest BCUT2D eigenvalue weighted by atomic mass is 10.1. The van der Waals surface area contributed by atoms with Crippen LogP contribution in [0.5, 0.6) is 0 Å². The van der Waals surface area contributed by atoms with Crippen molar-refractivity contribution < 1.29 is 9.53 Å². The highest BCUT2D eigenvalue weighted by Crippen LogP contribution is 2.11. The Hall–Kier alpha value is -0.570. The Kier molecular flexibility index (Phi) is 57.0. The van der Waals surface area contributed by atoms with Gasteiger partial charge in [0.15, 0.2) is 0 Å². The van der Waals surface area contributed by atoms with Crippen molar-refractivity contribution in [3.05, 3.63) is 0 Å². The Labute approximate surface area is 237 Å². The summed E-state index contributed by atoms with van der Waals surface area (Å²) in [5.41, 5.74) is 0. The Bertz CT molecular complexity index is 333. The standard InChI is InChI=1S/C15H31NO.C15H32O.2C2H6/c1-3-5-6-7-8-9-10-11-12-13-14-16-15(17)4-2;1-3-5-6-7-8-9-10-11-12-13-15-16-14-4-2;2*1-2/h3-14H2,1-2H3,(H,16,17);3-15H2,1-2H3;2*1-2H3. The smallest absolute Gasteiger partial charge is 0.219 e. The molecule has 0 aliphatic carbocycles. The van der Waals surface area contributed by atoms with Crippen LogP contribution in [0.2, 0.25) is 0 Å². The molecule has 0 saturated heterocycles. The summed E-state index contributed by atoms with van der Waals surface area (Å²) >= 11 is 0. The van der Waals surface area contributed by atoms with E-state index in [9.17, 15) is 4.79 Å². The van der Waals surface area contributed by atoms with Gasteiger partial charge in [-0.1, -0.05) is 171 Å². The number of carbonyl (C=O) groups excluding carboxylic acids is 1. The zero-order valence-corrected chi connectivity index (χ0v) is 27.5. The molecule has 37 heavy (non-hydrogen) atoms. The zero-order chi connectivity index (χ0) is 28.7. The van der Waals surface area contributed by atoms with Crippen LogP contribution in [0.4, 0.5) is 0 Å². The van der Waals surface area contributed by atoms with Gasteiger partial charge < -0.3 is 10.1 Å². The predicted molar refractivity (Wildman–Crippen MR) is 171 cm³/mol. The van der Waals surface area contributed by atoms with Crippen LogP contribution in [0.1, 0.15) is 197 Å². The van der Waals surface area contributed by atoms with E-state index < -0.39 is 0 Å². The molecule has 0 spiro atoms. The molecule has 0 atom stereocenters. The first kappa shape index (κ1) is 43.5. The predicted octanol–water partition coefficient (Wildman–Crippen LogP) is 11.8. The van der Waals surface area contributed by atoms with E-state index in [0.717, 1.165) is 32.6 Å². The lowest BCUT2D eigenvalue weighted by Gasteiger charge is -2.03. The summed E-state index contributed by atoms with van der Waals surface area (Å²) < 4.78 is 5.45. The molecule has 0 unspecified atom stereocenters. The van der Waals surface area contributed by atoms with Crippen molar-refractivity contribution in [2.24, 2.45) is 0 Å². The van der Waals surface area contributed by atoms with Crippen molar-refractivity contribution >= 4 is 5.91 Å². The van der Waals surface area contributed by atoms with Gasteiger partial charge in [0.1, 0.15) is 0 Å². The van der Waals surface area contributed by atoms with Crippen LogP contribution in [-0.2, 0) is 9.53 Å². The molecule has 3 heteroatoms. The molecule has 1 N–H and O–H groups in total. The molecule has 0 aliphatic heterocycles. The molecule has 0 aliphatic rings. The third-order valence-corrected chi connectivity index (χ3v) is 6.16. The minimum absolute atomic E-state index is 0.181. The first-order valence-electron chi connectivity index (χ1n) is 17.1. The number of rotatable bonds is 25. The number of nitrogens with one attached hydrogen (secondary N) is 1. The van der Waals surface area contributed by atoms with E-state index in [1.54, 1.807) is 0 Å². The third kappa shape index (κ3) is 52.6. The molecule has 228 valence electrons. The maximum Gasteiger partial charge on any atom is 0.219 e. The van der Waals surface area contributed by atoms with Gasteiger partial charge in [0, 0.05) is 26.2 Å². The summed E-state index contributed by atoms with van der Waals surface area (Å²) in [4.78, 5) is 11.0. The number of amides is 1. The van der Waals surface area contributed by atoms with Crippen LogP contribution >= 0.6 is 0 Å². The van der Waals surface area contributed by atoms with Gasteiger partial charge in [-0.3, -0.25) is 4.79 Å². The number of ether oxygens (including phenoxy) is 1. The summed E-state index contributed by atoms with van der Waals surface area (Å²) in [6, 6.07) is 0. The summed E-state index contributed by atoms with van der Waals surface area (Å²) in [5, 5.41) is 2.92. The number of hydrogen-bond donors (Lipinski definition) is 1. The van der Waals surface area contributed by atoms with Crippen molar-refractivity contribution in [1.29, 1.82) is 0 Å². The van der Waals surface area contributed by atoms with E-state index in [1.165, 1.54) is 122 Å². The number of carbonyl (C=O) groups is 1. The van der Waals surface area contributed by atoms with E-state index in [2.05, 4.69) is 26.1 Å². The monoisotopic (exact) mass is 530 g/mol. The maximum absolute atomic E-state index is 11.0. The van der Waals surface area contributed by atoms with Gasteiger partial charge in [-0.25, -0.2) is 0 Å². The van der Waals surface area contributed by atoms with Crippen molar-refractivity contribution in [1.82, 2.24) is 5.32 Å². The van der Waals surface area contributed by atoms with Gasteiger partial charge >= 0.3 is 0 Å². The van der Waals surface area contributed by atoms with Gasteiger partial charge in [0.25, 0.3) is 0 Å². The third-order valence-electron chi connectivity index (χ3n) is 6.16. The number of unbranched alkanes of at least 4 members (excludes halogenated alkanes) is 18. The van der Waals surface area contributed by atoms with Crippen LogP contribution in [-0.4, -0.2) is 25.7 Å². The molecular weight excluding hydrogens is 454 g/mol. The fourth-order valence-electron chi connectivity index (χ4n) is 3.90. The normalized spacial score (nSPS) is 9.84. The molecule has 0 aromatic carbocycles. The molecule has 0 rings (SSSR count). The number of hydrogen-bond acceptors (Lipinski definition) is 2. The van der Waals surface area contributed by atoms with Crippen molar-refractivity contribution in [2.75, 3.05) is 19.8 Å². The van der Waals surface area contributed by atoms with Gasteiger partial charge in [-0.05, 0) is 19.3 Å². The van der Waals surface area contributed by atoms with Gasteiger partial charge in [-0.2, -0.15) is 0 Å². The van der Waals surface area contributed by atoms with Crippen LogP contribution in [0, 0.1) is 0 Å². The second-order valence-corrected chi connectivity index (χ2v) is 9.68. The van der Waals surface area contributed by atoms with Crippen molar-refractivity contribution in [2.45, 2.75) is 197 Å². The quantitative estimate of drug-likeness (QED) is 0.119. The summed E-state index contributed by atoms with van der Waals surface area (Å²) in [6.45, 7) is 19.4. The largest absolute Gasteiger partial charge is 0.381 e. The van der Waals surface area contributed by atoms with Crippen LogP contribution in [0.3, 0.4) is 0 Å². The minimum atomic E-state index is 0.181. The zero-order valence-electron chi connectivity index (χ0n) is 27.5. The van der Waals surface area contributed by atoms with Gasteiger partial charge in [0.05, 0.1) is 0 Å². The Balaban J connectivity index is -0.000000259. The highest BCUT2D eigenvalue weighted by atomic mass is 16.5. The van der Waals surface area contributed by atoms with Crippen molar-refractivity contribution in [3.8, 4) is 0 Å². The minimum Gasteiger partial charge on any atom is -0.381 e. The fourth-order valence-corrected chi connectivity index (χ4v) is 3.90. The van der Waals surface area contributed by atoms with Gasteiger partial charge in [-0.15, -0.1) is 0 Å². The Morgan fingerprint density at radius 3 is 1.16 bits per heavy atom. The lowest BCUT2D eigenvalue weighted by molar-refractivity contribution is -0.120. The van der Waals surface area contributed by atoms with Gasteiger partial charge in [0.2, 0.25) is 5.91 Å². The second kappa shape index (κ2) is 48.5. The molecule has 1 amide bonds. The molecular formula is C34H75NO2. The summed E-state index contributed by atoms with van der Waals surface area (Å²) in [5.74, 6) is 0.181. The maximum atomic E-state index is 11.0. The van der Waals surface area contributed by atoms with Crippen LogP contribution in [0.15, 0.2) is 0 Å². The highest BCUT2D eigenvalue weighted by molar-refractivity contribution is 5.75. The summed E-state index contributed by atoms with van der Waals surface area (Å²) in [6.07, 6.45) is 29.3. The fraction of sp³-hybridized carbons (Fsp3) is 0.971. The second-order valence-electron chi connectivity index (χ2n) is 9.68. The lowest BCUT2D eigenvalue weighted by Crippen LogP contribution is -2.23. The molecule has 0 heterocycles. The Morgan fingerprint density at radius 1 is 0.459 bits per heavy atom. The SMILES string of the molecule is CC.CC.CCCCCCCCCCCCNC(=O)CC.CCCCCCCCCCCCOCCC.